The number of anilines is 1. The molecule has 0 aliphatic heterocycles. The number of amides is 1. The predicted octanol–water partition coefficient (Wildman–Crippen LogP) is 2.33. The van der Waals surface area contributed by atoms with Gasteiger partial charge in [-0.1, -0.05) is 11.3 Å². The molecule has 130 valence electrons. The molecule has 0 fully saturated rings. The molecule has 4 N–H and O–H groups in total. The first-order chi connectivity index (χ1) is 11.1. The monoisotopic (exact) mass is 363 g/mol. The summed E-state index contributed by atoms with van der Waals surface area (Å²) in [6.07, 6.45) is -5.10. The fourth-order valence-electron chi connectivity index (χ4n) is 1.76. The van der Waals surface area contributed by atoms with Crippen LogP contribution in [0.5, 0.6) is 5.75 Å². The first kappa shape index (κ1) is 17.9. The van der Waals surface area contributed by atoms with E-state index in [0.29, 0.717) is 10.2 Å². The molecule has 1 atom stereocenters. The van der Waals surface area contributed by atoms with E-state index in [1.807, 2.05) is 0 Å². The zero-order valence-electron chi connectivity index (χ0n) is 12.0. The summed E-state index contributed by atoms with van der Waals surface area (Å²) in [5.41, 5.74) is 5.94. The number of halogens is 3. The molecule has 0 aliphatic rings. The molecular weight excluding hydrogens is 351 g/mol. The van der Waals surface area contributed by atoms with Crippen molar-refractivity contribution in [1.29, 1.82) is 0 Å². The smallest absolute Gasteiger partial charge is 0.481 e. The number of benzene rings is 1. The van der Waals surface area contributed by atoms with Crippen molar-refractivity contribution in [1.82, 2.24) is 4.98 Å². The molecule has 0 aliphatic carbocycles. The fraction of sp³-hybridized carbons (Fsp3) is 0.308. The van der Waals surface area contributed by atoms with Crippen LogP contribution in [0, 0.1) is 0 Å². The van der Waals surface area contributed by atoms with Gasteiger partial charge in [0.1, 0.15) is 5.75 Å². The third-order valence-corrected chi connectivity index (χ3v) is 3.76. The highest BCUT2D eigenvalue weighted by atomic mass is 32.1. The van der Waals surface area contributed by atoms with Crippen molar-refractivity contribution in [3.8, 4) is 5.75 Å². The molecule has 0 saturated heterocycles. The maximum absolute atomic E-state index is 12.2. The lowest BCUT2D eigenvalue weighted by molar-refractivity contribution is -0.274. The SMILES string of the molecule is NC(CCC(=O)O)C(=O)Nc1nc2ccc(OC(F)(F)F)cc2s1. The zero-order chi connectivity index (χ0) is 17.9. The Morgan fingerprint density at radius 2 is 2.12 bits per heavy atom. The second kappa shape index (κ2) is 7.01. The number of hydrogen-bond acceptors (Lipinski definition) is 6. The highest BCUT2D eigenvalue weighted by Crippen LogP contribution is 2.31. The number of nitrogens with zero attached hydrogens (tertiary/aromatic N) is 1. The lowest BCUT2D eigenvalue weighted by Gasteiger charge is -2.08. The molecule has 2 rings (SSSR count). The van der Waals surface area contributed by atoms with Gasteiger partial charge in [0.05, 0.1) is 16.3 Å². The van der Waals surface area contributed by atoms with E-state index in [9.17, 15) is 22.8 Å². The Labute approximate surface area is 137 Å². The molecular formula is C13H12F3N3O4S. The topological polar surface area (TPSA) is 115 Å². The molecule has 0 bridgehead atoms. The van der Waals surface area contributed by atoms with Crippen LogP contribution in [0.3, 0.4) is 0 Å². The molecule has 2 aromatic rings. The molecule has 7 nitrogen and oxygen atoms in total. The van der Waals surface area contributed by atoms with Crippen LogP contribution in [0.25, 0.3) is 10.2 Å². The molecule has 1 unspecified atom stereocenters. The Morgan fingerprint density at radius 3 is 2.75 bits per heavy atom. The van der Waals surface area contributed by atoms with E-state index in [2.05, 4.69) is 15.0 Å². The molecule has 0 saturated carbocycles. The highest BCUT2D eigenvalue weighted by molar-refractivity contribution is 7.22. The molecule has 0 spiro atoms. The summed E-state index contributed by atoms with van der Waals surface area (Å²) < 4.78 is 40.8. The summed E-state index contributed by atoms with van der Waals surface area (Å²) >= 11 is 0.945. The third-order valence-electron chi connectivity index (χ3n) is 2.83. The van der Waals surface area contributed by atoms with Gasteiger partial charge >= 0.3 is 12.3 Å². The zero-order valence-corrected chi connectivity index (χ0v) is 12.8. The van der Waals surface area contributed by atoms with Gasteiger partial charge in [0.25, 0.3) is 0 Å². The minimum Gasteiger partial charge on any atom is -0.481 e. The van der Waals surface area contributed by atoms with Gasteiger partial charge in [0, 0.05) is 12.5 Å². The third kappa shape index (κ3) is 5.06. The highest BCUT2D eigenvalue weighted by Gasteiger charge is 2.31. The number of alkyl halides is 3. The van der Waals surface area contributed by atoms with E-state index in [1.54, 1.807) is 0 Å². The van der Waals surface area contributed by atoms with E-state index in [4.69, 9.17) is 10.8 Å². The maximum atomic E-state index is 12.2. The molecule has 1 amide bonds. The van der Waals surface area contributed by atoms with Crippen LogP contribution in [0.4, 0.5) is 18.3 Å². The van der Waals surface area contributed by atoms with Gasteiger partial charge in [-0.2, -0.15) is 0 Å². The lowest BCUT2D eigenvalue weighted by atomic mass is 10.1. The minimum atomic E-state index is -4.80. The first-order valence-electron chi connectivity index (χ1n) is 6.58. The molecule has 1 aromatic carbocycles. The number of aliphatic carboxylic acids is 1. The van der Waals surface area contributed by atoms with Crippen LogP contribution in [0.2, 0.25) is 0 Å². The van der Waals surface area contributed by atoms with Crippen molar-refractivity contribution >= 4 is 38.6 Å². The number of fused-ring (bicyclic) bond motifs is 1. The van der Waals surface area contributed by atoms with Crippen LogP contribution in [-0.4, -0.2) is 34.4 Å². The van der Waals surface area contributed by atoms with Crippen molar-refractivity contribution in [2.45, 2.75) is 25.2 Å². The van der Waals surface area contributed by atoms with Crippen LogP contribution in [0.15, 0.2) is 18.2 Å². The van der Waals surface area contributed by atoms with E-state index in [-0.39, 0.29) is 18.0 Å². The van der Waals surface area contributed by atoms with Crippen LogP contribution in [0.1, 0.15) is 12.8 Å². The lowest BCUT2D eigenvalue weighted by Crippen LogP contribution is -2.35. The summed E-state index contributed by atoms with van der Waals surface area (Å²) in [6, 6.07) is 2.56. The van der Waals surface area contributed by atoms with Crippen molar-refractivity contribution in [3.63, 3.8) is 0 Å². The van der Waals surface area contributed by atoms with Gasteiger partial charge in [-0.15, -0.1) is 13.2 Å². The van der Waals surface area contributed by atoms with Gasteiger partial charge in [-0.25, -0.2) is 4.98 Å². The number of thiazole rings is 1. The number of carbonyl (C=O) groups is 2. The van der Waals surface area contributed by atoms with Crippen LogP contribution < -0.4 is 15.8 Å². The van der Waals surface area contributed by atoms with Crippen molar-refractivity contribution in [3.05, 3.63) is 18.2 Å². The van der Waals surface area contributed by atoms with Gasteiger partial charge in [-0.3, -0.25) is 9.59 Å². The summed E-state index contributed by atoms with van der Waals surface area (Å²) in [4.78, 5) is 26.3. The largest absolute Gasteiger partial charge is 0.573 e. The number of rotatable bonds is 6. The molecule has 11 heteroatoms. The molecule has 1 heterocycles. The number of hydrogen-bond donors (Lipinski definition) is 3. The Balaban J connectivity index is 2.07. The fourth-order valence-corrected chi connectivity index (χ4v) is 2.66. The first-order valence-corrected chi connectivity index (χ1v) is 7.40. The molecule has 1 aromatic heterocycles. The van der Waals surface area contributed by atoms with Crippen LogP contribution in [-0.2, 0) is 9.59 Å². The van der Waals surface area contributed by atoms with E-state index < -0.39 is 30.0 Å². The van der Waals surface area contributed by atoms with Gasteiger partial charge in [-0.05, 0) is 18.6 Å². The average molecular weight is 363 g/mol. The Kier molecular flexibility index (Phi) is 5.24. The standard InChI is InChI=1S/C13H12F3N3O4S/c14-13(15,16)23-6-1-3-8-9(5-6)24-12(18-8)19-11(22)7(17)2-4-10(20)21/h1,3,5,7H,2,4,17H2,(H,20,21)(H,18,19,22). The molecule has 0 radical (unpaired) electrons. The summed E-state index contributed by atoms with van der Waals surface area (Å²) in [5, 5.41) is 11.1. The van der Waals surface area contributed by atoms with E-state index >= 15 is 0 Å². The summed E-state index contributed by atoms with van der Waals surface area (Å²) in [6.45, 7) is 0. The normalized spacial score (nSPS) is 12.8. The number of nitrogens with two attached hydrogens (primary N) is 1. The quantitative estimate of drug-likeness (QED) is 0.726. The van der Waals surface area contributed by atoms with Crippen molar-refractivity contribution < 1.29 is 32.6 Å². The second-order valence-corrected chi connectivity index (χ2v) is 5.76. The second-order valence-electron chi connectivity index (χ2n) is 4.72. The van der Waals surface area contributed by atoms with Crippen molar-refractivity contribution in [2.75, 3.05) is 5.32 Å². The molecule has 24 heavy (non-hydrogen) atoms. The average Bonchev–Trinajstić information content (AvgIpc) is 2.84. The Morgan fingerprint density at radius 1 is 1.42 bits per heavy atom. The Bertz CT molecular complexity index is 762. The summed E-state index contributed by atoms with van der Waals surface area (Å²) in [7, 11) is 0. The number of nitrogens with one attached hydrogen (secondary N) is 1. The maximum Gasteiger partial charge on any atom is 0.573 e. The van der Waals surface area contributed by atoms with Gasteiger partial charge in [0.2, 0.25) is 5.91 Å². The van der Waals surface area contributed by atoms with Crippen LogP contribution >= 0.6 is 11.3 Å². The van der Waals surface area contributed by atoms with Gasteiger partial charge < -0.3 is 20.9 Å². The number of aromatic nitrogens is 1. The van der Waals surface area contributed by atoms with Crippen molar-refractivity contribution in [2.24, 2.45) is 5.73 Å². The Hall–Kier alpha value is -2.40. The van der Waals surface area contributed by atoms with Gasteiger partial charge in [0.15, 0.2) is 5.13 Å². The van der Waals surface area contributed by atoms with E-state index in [0.717, 1.165) is 23.5 Å². The minimum absolute atomic E-state index is 0.0460. The number of carboxylic acids is 1. The summed E-state index contributed by atoms with van der Waals surface area (Å²) in [5.74, 6) is -2.09. The number of carboxylic acid groups (broad SMARTS) is 1. The van der Waals surface area contributed by atoms with E-state index in [1.165, 1.54) is 6.07 Å². The number of ether oxygens (including phenoxy) is 1. The number of carbonyl (C=O) groups excluding carboxylic acids is 1. The predicted molar refractivity (Wildman–Crippen MR) is 79.8 cm³/mol.